The lowest BCUT2D eigenvalue weighted by Crippen LogP contribution is -2.09. The third-order valence-corrected chi connectivity index (χ3v) is 5.32. The second kappa shape index (κ2) is 9.03. The molecule has 1 aliphatic rings. The zero-order chi connectivity index (χ0) is 22.6. The van der Waals surface area contributed by atoms with E-state index in [2.05, 4.69) is 25.5 Å². The normalized spacial score (nSPS) is 12.9. The van der Waals surface area contributed by atoms with Gasteiger partial charge in [-0.15, -0.1) is 5.10 Å². The first-order chi connectivity index (χ1) is 16.2. The zero-order valence-corrected chi connectivity index (χ0v) is 17.6. The highest BCUT2D eigenvalue weighted by atomic mass is 16.7. The van der Waals surface area contributed by atoms with Crippen LogP contribution in [0.2, 0.25) is 0 Å². The highest BCUT2D eigenvalue weighted by molar-refractivity contribution is 5.90. The average Bonchev–Trinajstić information content (AvgIpc) is 3.47. The predicted molar refractivity (Wildman–Crippen MR) is 118 cm³/mol. The molecule has 0 saturated carbocycles. The largest absolute Gasteiger partial charge is 0.478 e. The van der Waals surface area contributed by atoms with Gasteiger partial charge in [0.15, 0.2) is 23.0 Å². The van der Waals surface area contributed by atoms with Gasteiger partial charge >= 0.3 is 5.97 Å². The number of hydrogen-bond donors (Lipinski definition) is 1. The van der Waals surface area contributed by atoms with Crippen LogP contribution < -0.4 is 9.47 Å². The predicted octanol–water partition coefficient (Wildman–Crippen LogP) is 2.69. The van der Waals surface area contributed by atoms with E-state index in [4.69, 9.17) is 9.47 Å². The number of allylic oxidation sites excluding steroid dienone is 1. The molecule has 10 heteroatoms. The van der Waals surface area contributed by atoms with Crippen molar-refractivity contribution in [3.8, 4) is 11.5 Å². The lowest BCUT2D eigenvalue weighted by molar-refractivity contribution is -0.131. The monoisotopic (exact) mass is 444 g/mol. The van der Waals surface area contributed by atoms with Gasteiger partial charge in [-0.1, -0.05) is 6.07 Å². The number of carboxylic acids is 1. The number of ether oxygens (including phenoxy) is 2. The first-order valence-electron chi connectivity index (χ1n) is 10.4. The summed E-state index contributed by atoms with van der Waals surface area (Å²) in [5, 5.41) is 22.4. The van der Waals surface area contributed by atoms with E-state index in [1.165, 1.54) is 0 Å². The summed E-state index contributed by atoms with van der Waals surface area (Å²) in [5.41, 5.74) is 2.94. The lowest BCUT2D eigenvalue weighted by atomic mass is 10.0. The van der Waals surface area contributed by atoms with Gasteiger partial charge in [0.2, 0.25) is 6.79 Å². The molecule has 4 aromatic rings. The van der Waals surface area contributed by atoms with Crippen LogP contribution >= 0.6 is 0 Å². The first-order valence-corrected chi connectivity index (χ1v) is 10.4. The summed E-state index contributed by atoms with van der Waals surface area (Å²) in [7, 11) is 0. The fourth-order valence-corrected chi connectivity index (χ4v) is 3.71. The molecule has 1 N–H and O–H groups in total. The summed E-state index contributed by atoms with van der Waals surface area (Å²) < 4.78 is 12.4. The Kier molecular flexibility index (Phi) is 5.62. The molecule has 0 unspecified atom stereocenters. The molecule has 166 valence electrons. The number of pyridine rings is 2. The molecular formula is C23H20N6O4. The molecule has 0 spiro atoms. The van der Waals surface area contributed by atoms with Crippen molar-refractivity contribution in [2.24, 2.45) is 0 Å². The van der Waals surface area contributed by atoms with Gasteiger partial charge in [0.1, 0.15) is 0 Å². The second-order valence-corrected chi connectivity index (χ2v) is 7.53. The standard InChI is InChI=1S/C23H20N6O4/c30-22(31)12-17(16-7-9-19-20(11-16)33-14-32-19)13-29-21(26-27-28-29)5-1-4-18-8-6-15-3-2-10-24-23(15)25-18/h2-3,6-12H,1,4-5,13-14H2,(H,30,31)/b17-12-. The van der Waals surface area contributed by atoms with Crippen molar-refractivity contribution in [2.75, 3.05) is 6.79 Å². The number of aliphatic carboxylic acids is 1. The first kappa shape index (κ1) is 20.6. The number of carboxylic acid groups (broad SMARTS) is 1. The van der Waals surface area contributed by atoms with E-state index in [1.54, 1.807) is 29.1 Å². The summed E-state index contributed by atoms with van der Waals surface area (Å²) in [6.07, 6.45) is 5.05. The Labute approximate surface area is 188 Å². The average molecular weight is 444 g/mol. The SMILES string of the molecule is O=C(O)/C=C(/Cn1nnnc1CCCc1ccc2cccnc2n1)c1ccc2c(c1)OCO2. The molecule has 0 aliphatic carbocycles. The van der Waals surface area contributed by atoms with E-state index in [0.717, 1.165) is 35.6 Å². The zero-order valence-electron chi connectivity index (χ0n) is 17.6. The fourth-order valence-electron chi connectivity index (χ4n) is 3.71. The third kappa shape index (κ3) is 4.64. The number of benzene rings is 1. The van der Waals surface area contributed by atoms with E-state index in [0.29, 0.717) is 34.9 Å². The third-order valence-electron chi connectivity index (χ3n) is 5.32. The van der Waals surface area contributed by atoms with Gasteiger partial charge < -0.3 is 14.6 Å². The Balaban J connectivity index is 1.29. The molecular weight excluding hydrogens is 424 g/mol. The number of aryl methyl sites for hydroxylation is 2. The van der Waals surface area contributed by atoms with E-state index in [-0.39, 0.29) is 13.3 Å². The molecule has 33 heavy (non-hydrogen) atoms. The molecule has 0 bridgehead atoms. The van der Waals surface area contributed by atoms with Crippen LogP contribution in [0.1, 0.15) is 23.5 Å². The van der Waals surface area contributed by atoms with Crippen LogP contribution in [0, 0.1) is 0 Å². The van der Waals surface area contributed by atoms with E-state index < -0.39 is 5.97 Å². The van der Waals surface area contributed by atoms with Crippen LogP contribution in [0.5, 0.6) is 11.5 Å². The van der Waals surface area contributed by atoms with Crippen molar-refractivity contribution in [1.82, 2.24) is 30.2 Å². The van der Waals surface area contributed by atoms with Crippen LogP contribution in [0.15, 0.2) is 54.7 Å². The van der Waals surface area contributed by atoms with E-state index >= 15 is 0 Å². The number of aromatic nitrogens is 6. The summed E-state index contributed by atoms with van der Waals surface area (Å²) in [6.45, 7) is 0.364. The van der Waals surface area contributed by atoms with Gasteiger partial charge in [0.25, 0.3) is 0 Å². The number of tetrazole rings is 1. The van der Waals surface area contributed by atoms with Gasteiger partial charge in [-0.2, -0.15) is 0 Å². The Morgan fingerprint density at radius 3 is 2.94 bits per heavy atom. The molecule has 1 aliphatic heterocycles. The van der Waals surface area contributed by atoms with E-state index in [9.17, 15) is 9.90 Å². The van der Waals surface area contributed by atoms with Crippen molar-refractivity contribution in [2.45, 2.75) is 25.8 Å². The Morgan fingerprint density at radius 1 is 1.12 bits per heavy atom. The van der Waals surface area contributed by atoms with Gasteiger partial charge in [0.05, 0.1) is 6.54 Å². The minimum absolute atomic E-state index is 0.149. The molecule has 10 nitrogen and oxygen atoms in total. The molecule has 0 fully saturated rings. The van der Waals surface area contributed by atoms with Crippen molar-refractivity contribution in [3.05, 3.63) is 71.8 Å². The minimum atomic E-state index is -1.05. The number of carbonyl (C=O) groups is 1. The molecule has 4 heterocycles. The molecule has 5 rings (SSSR count). The summed E-state index contributed by atoms with van der Waals surface area (Å²) >= 11 is 0. The molecule has 0 amide bonds. The lowest BCUT2D eigenvalue weighted by Gasteiger charge is -2.10. The van der Waals surface area contributed by atoms with Crippen molar-refractivity contribution < 1.29 is 19.4 Å². The van der Waals surface area contributed by atoms with Crippen molar-refractivity contribution >= 4 is 22.6 Å². The van der Waals surface area contributed by atoms with Crippen LogP contribution in [-0.2, 0) is 24.2 Å². The van der Waals surface area contributed by atoms with Crippen LogP contribution in [0.4, 0.5) is 0 Å². The van der Waals surface area contributed by atoms with Gasteiger partial charge in [-0.25, -0.2) is 19.4 Å². The summed E-state index contributed by atoms with van der Waals surface area (Å²) in [4.78, 5) is 20.3. The van der Waals surface area contributed by atoms with Gasteiger partial charge in [-0.3, -0.25) is 0 Å². The minimum Gasteiger partial charge on any atom is -0.478 e. The molecule has 0 radical (unpaired) electrons. The highest BCUT2D eigenvalue weighted by Crippen LogP contribution is 2.34. The molecule has 0 saturated heterocycles. The van der Waals surface area contributed by atoms with Crippen LogP contribution in [0.3, 0.4) is 0 Å². The maximum absolute atomic E-state index is 11.4. The molecule has 1 aromatic carbocycles. The highest BCUT2D eigenvalue weighted by Gasteiger charge is 2.17. The molecule has 0 atom stereocenters. The Hall–Kier alpha value is -4.34. The van der Waals surface area contributed by atoms with Gasteiger partial charge in [0, 0.05) is 29.8 Å². The topological polar surface area (TPSA) is 125 Å². The number of hydrogen-bond acceptors (Lipinski definition) is 8. The Morgan fingerprint density at radius 2 is 2.03 bits per heavy atom. The smallest absolute Gasteiger partial charge is 0.328 e. The van der Waals surface area contributed by atoms with Crippen LogP contribution in [-0.4, -0.2) is 48.0 Å². The Bertz CT molecular complexity index is 1350. The van der Waals surface area contributed by atoms with Crippen LogP contribution in [0.25, 0.3) is 16.6 Å². The van der Waals surface area contributed by atoms with Gasteiger partial charge in [-0.05, 0) is 70.8 Å². The second-order valence-electron chi connectivity index (χ2n) is 7.53. The quantitative estimate of drug-likeness (QED) is 0.408. The number of nitrogens with zero attached hydrogens (tertiary/aromatic N) is 6. The summed E-state index contributed by atoms with van der Waals surface area (Å²) in [5.74, 6) is 0.839. The fraction of sp³-hybridized carbons (Fsp3) is 0.217. The molecule has 3 aromatic heterocycles. The number of rotatable bonds is 8. The maximum atomic E-state index is 11.4. The van der Waals surface area contributed by atoms with Crippen molar-refractivity contribution in [1.29, 1.82) is 0 Å². The van der Waals surface area contributed by atoms with E-state index in [1.807, 2.05) is 24.3 Å². The van der Waals surface area contributed by atoms with Crippen molar-refractivity contribution in [3.63, 3.8) is 0 Å². The maximum Gasteiger partial charge on any atom is 0.328 e. The summed E-state index contributed by atoms with van der Waals surface area (Å²) in [6, 6.07) is 13.2. The number of fused-ring (bicyclic) bond motifs is 2.